The summed E-state index contributed by atoms with van der Waals surface area (Å²) in [6.07, 6.45) is 0. The molecule has 0 aliphatic rings. The zero-order valence-electron chi connectivity index (χ0n) is 7.08. The fraction of sp³-hybridized carbons (Fsp3) is 0.125. The molecule has 0 fully saturated rings. The second-order valence-corrected chi connectivity index (χ2v) is 6.01. The van der Waals surface area contributed by atoms with Crippen LogP contribution in [0.1, 0.15) is 11.1 Å². The monoisotopic (exact) mass is 293 g/mol. The van der Waals surface area contributed by atoms with E-state index in [1.807, 2.05) is 6.07 Å². The third-order valence-electron chi connectivity index (χ3n) is 1.63. The van der Waals surface area contributed by atoms with Gasteiger partial charge in [0, 0.05) is 15.2 Å². The van der Waals surface area contributed by atoms with Gasteiger partial charge in [0.25, 0.3) is 9.05 Å². The van der Waals surface area contributed by atoms with Crippen LogP contribution in [0.2, 0.25) is 0 Å². The molecule has 6 heteroatoms. The number of halogens is 2. The maximum atomic E-state index is 11.0. The summed E-state index contributed by atoms with van der Waals surface area (Å²) in [5.41, 5.74) is 0.910. The van der Waals surface area contributed by atoms with Crippen molar-refractivity contribution in [2.24, 2.45) is 0 Å². The van der Waals surface area contributed by atoms with Crippen LogP contribution in [0.3, 0.4) is 0 Å². The fourth-order valence-corrected chi connectivity index (χ4v) is 2.12. The average molecular weight is 295 g/mol. The molecule has 14 heavy (non-hydrogen) atoms. The van der Waals surface area contributed by atoms with Crippen molar-refractivity contribution in [3.8, 4) is 6.07 Å². The first-order chi connectivity index (χ1) is 6.36. The molecule has 0 saturated carbocycles. The molecule has 0 aliphatic heterocycles. The second kappa shape index (κ2) is 3.89. The molecule has 0 spiro atoms. The number of rotatable bonds is 1. The second-order valence-electron chi connectivity index (χ2n) is 2.65. The van der Waals surface area contributed by atoms with E-state index in [9.17, 15) is 8.42 Å². The summed E-state index contributed by atoms with van der Waals surface area (Å²) >= 11 is 3.18. The summed E-state index contributed by atoms with van der Waals surface area (Å²) in [6.45, 7) is 1.69. The Bertz CT molecular complexity index is 519. The molecule has 1 aromatic carbocycles. The smallest absolute Gasteiger partial charge is 0.207 e. The molecule has 1 aromatic rings. The van der Waals surface area contributed by atoms with Crippen LogP contribution in [0, 0.1) is 18.3 Å². The van der Waals surface area contributed by atoms with Crippen LogP contribution < -0.4 is 0 Å². The van der Waals surface area contributed by atoms with Gasteiger partial charge in [-0.2, -0.15) is 5.26 Å². The van der Waals surface area contributed by atoms with Gasteiger partial charge in [-0.25, -0.2) is 8.42 Å². The Morgan fingerprint density at radius 3 is 2.50 bits per heavy atom. The third-order valence-corrected chi connectivity index (χ3v) is 4.02. The van der Waals surface area contributed by atoms with Crippen molar-refractivity contribution in [1.29, 1.82) is 5.26 Å². The lowest BCUT2D eigenvalue weighted by atomic mass is 10.1. The Labute approximate surface area is 94.9 Å². The maximum absolute atomic E-state index is 11.0. The molecule has 0 bridgehead atoms. The van der Waals surface area contributed by atoms with Gasteiger partial charge in [-0.05, 0) is 40.5 Å². The van der Waals surface area contributed by atoms with Crippen LogP contribution in [0.4, 0.5) is 0 Å². The average Bonchev–Trinajstić information content (AvgIpc) is 2.07. The van der Waals surface area contributed by atoms with Crippen molar-refractivity contribution in [1.82, 2.24) is 0 Å². The van der Waals surface area contributed by atoms with E-state index in [1.54, 1.807) is 6.92 Å². The van der Waals surface area contributed by atoms with Crippen LogP contribution in [-0.2, 0) is 9.05 Å². The first kappa shape index (κ1) is 11.5. The topological polar surface area (TPSA) is 57.9 Å². The first-order valence-electron chi connectivity index (χ1n) is 3.51. The molecule has 0 aliphatic carbocycles. The highest BCUT2D eigenvalue weighted by Crippen LogP contribution is 2.26. The summed E-state index contributed by atoms with van der Waals surface area (Å²) in [5.74, 6) is 0. The number of nitrogens with zero attached hydrogens (tertiary/aromatic N) is 1. The van der Waals surface area contributed by atoms with E-state index < -0.39 is 9.05 Å². The van der Waals surface area contributed by atoms with Crippen LogP contribution in [0.15, 0.2) is 21.5 Å². The van der Waals surface area contributed by atoms with Gasteiger partial charge in [-0.3, -0.25) is 0 Å². The first-order valence-corrected chi connectivity index (χ1v) is 6.61. The minimum absolute atomic E-state index is 0.0589. The van der Waals surface area contributed by atoms with Gasteiger partial charge in [0.2, 0.25) is 0 Å². The largest absolute Gasteiger partial charge is 0.261 e. The molecule has 0 saturated heterocycles. The van der Waals surface area contributed by atoms with Gasteiger partial charge in [0.05, 0.1) is 10.5 Å². The summed E-state index contributed by atoms with van der Waals surface area (Å²) in [4.78, 5) is -0.0589. The molecule has 0 amide bonds. The van der Waals surface area contributed by atoms with Gasteiger partial charge in [-0.15, -0.1) is 0 Å². The van der Waals surface area contributed by atoms with E-state index in [0.717, 1.165) is 0 Å². The molecule has 0 N–H and O–H groups in total. The molecular weight excluding hydrogens is 290 g/mol. The van der Waals surface area contributed by atoms with E-state index in [2.05, 4.69) is 15.9 Å². The molecule has 0 atom stereocenters. The fourth-order valence-electron chi connectivity index (χ4n) is 0.959. The number of benzene rings is 1. The van der Waals surface area contributed by atoms with Crippen molar-refractivity contribution >= 4 is 35.7 Å². The normalized spacial score (nSPS) is 11.0. The molecule has 1 rings (SSSR count). The van der Waals surface area contributed by atoms with E-state index >= 15 is 0 Å². The van der Waals surface area contributed by atoms with Crippen LogP contribution in [0.25, 0.3) is 0 Å². The number of hydrogen-bond donors (Lipinski definition) is 0. The van der Waals surface area contributed by atoms with E-state index in [1.165, 1.54) is 12.1 Å². The Kier molecular flexibility index (Phi) is 3.20. The lowest BCUT2D eigenvalue weighted by molar-refractivity contribution is 0.609. The van der Waals surface area contributed by atoms with Crippen molar-refractivity contribution in [3.63, 3.8) is 0 Å². The predicted octanol–water partition coefficient (Wildman–Crippen LogP) is 2.56. The van der Waals surface area contributed by atoms with Crippen molar-refractivity contribution in [3.05, 3.63) is 27.7 Å². The molecule has 0 radical (unpaired) electrons. The van der Waals surface area contributed by atoms with E-state index in [0.29, 0.717) is 10.0 Å². The summed E-state index contributed by atoms with van der Waals surface area (Å²) in [5, 5.41) is 8.72. The Balaban J connectivity index is 3.56. The van der Waals surface area contributed by atoms with Gasteiger partial charge >= 0.3 is 0 Å². The van der Waals surface area contributed by atoms with E-state index in [4.69, 9.17) is 15.9 Å². The Hall–Kier alpha value is -0.570. The predicted molar refractivity (Wildman–Crippen MR) is 56.6 cm³/mol. The van der Waals surface area contributed by atoms with Crippen molar-refractivity contribution < 1.29 is 8.42 Å². The lowest BCUT2D eigenvalue weighted by Crippen LogP contribution is -1.94. The maximum Gasteiger partial charge on any atom is 0.261 e. The number of aryl methyl sites for hydroxylation is 1. The lowest BCUT2D eigenvalue weighted by Gasteiger charge is -2.03. The summed E-state index contributed by atoms with van der Waals surface area (Å²) in [6, 6.07) is 4.52. The minimum Gasteiger partial charge on any atom is -0.207 e. The minimum atomic E-state index is -3.77. The highest BCUT2D eigenvalue weighted by atomic mass is 79.9. The van der Waals surface area contributed by atoms with Crippen LogP contribution in [0.5, 0.6) is 0 Å². The molecule has 74 valence electrons. The SMILES string of the molecule is Cc1cc(S(=O)(=O)Cl)cc(C#N)c1Br. The van der Waals surface area contributed by atoms with Crippen LogP contribution >= 0.6 is 26.6 Å². The zero-order valence-corrected chi connectivity index (χ0v) is 10.2. The summed E-state index contributed by atoms with van der Waals surface area (Å²) in [7, 11) is 1.38. The molecule has 0 heterocycles. The number of nitriles is 1. The van der Waals surface area contributed by atoms with E-state index in [-0.39, 0.29) is 10.5 Å². The molecule has 3 nitrogen and oxygen atoms in total. The van der Waals surface area contributed by atoms with Crippen LogP contribution in [-0.4, -0.2) is 8.42 Å². The highest BCUT2D eigenvalue weighted by Gasteiger charge is 2.14. The standard InChI is InChI=1S/C8H5BrClNO2S/c1-5-2-7(14(10,12)13)3-6(4-11)8(5)9/h2-3H,1H3. The van der Waals surface area contributed by atoms with Crippen molar-refractivity contribution in [2.75, 3.05) is 0 Å². The molecule has 0 unspecified atom stereocenters. The van der Waals surface area contributed by atoms with Gasteiger partial charge in [-0.1, -0.05) is 0 Å². The van der Waals surface area contributed by atoms with Gasteiger partial charge in [0.1, 0.15) is 6.07 Å². The third kappa shape index (κ3) is 2.27. The Morgan fingerprint density at radius 1 is 1.50 bits per heavy atom. The Morgan fingerprint density at radius 2 is 2.07 bits per heavy atom. The van der Waals surface area contributed by atoms with Gasteiger partial charge < -0.3 is 0 Å². The molecular formula is C8H5BrClNO2S. The van der Waals surface area contributed by atoms with Crippen molar-refractivity contribution in [2.45, 2.75) is 11.8 Å². The number of hydrogen-bond acceptors (Lipinski definition) is 3. The molecule has 0 aromatic heterocycles. The zero-order chi connectivity index (χ0) is 10.9. The highest BCUT2D eigenvalue weighted by molar-refractivity contribution is 9.10. The summed E-state index contributed by atoms with van der Waals surface area (Å²) < 4.78 is 22.6. The quantitative estimate of drug-likeness (QED) is 0.748. The van der Waals surface area contributed by atoms with Gasteiger partial charge in [0.15, 0.2) is 0 Å².